The van der Waals surface area contributed by atoms with E-state index in [1.54, 1.807) is 0 Å². The van der Waals surface area contributed by atoms with Crippen molar-refractivity contribution in [3.8, 4) is 5.75 Å². The monoisotopic (exact) mass is 440 g/mol. The first-order valence-corrected chi connectivity index (χ1v) is 10.8. The molecule has 0 aliphatic carbocycles. The van der Waals surface area contributed by atoms with Crippen molar-refractivity contribution in [2.75, 3.05) is 0 Å². The average Bonchev–Trinajstić information content (AvgIpc) is 2.95. The van der Waals surface area contributed by atoms with Crippen LogP contribution in [0.3, 0.4) is 0 Å². The van der Waals surface area contributed by atoms with Crippen molar-refractivity contribution >= 4 is 17.6 Å². The minimum atomic E-state index is -0.912. The molecule has 1 aromatic heterocycles. The lowest BCUT2D eigenvalue weighted by Gasteiger charge is -2.12. The van der Waals surface area contributed by atoms with Gasteiger partial charge in [0.05, 0.1) is 11.7 Å². The van der Waals surface area contributed by atoms with Crippen molar-refractivity contribution in [3.63, 3.8) is 0 Å². The van der Waals surface area contributed by atoms with Crippen LogP contribution in [0.1, 0.15) is 52.3 Å². The SMILES string of the molecule is Cc1c(CNCc2ccc(OC(C)C)cc2)c(C(=O)O)c(C)n1Cc1ccccc1Cl. The second-order valence-electron chi connectivity index (χ2n) is 7.92. The molecule has 0 radical (unpaired) electrons. The molecule has 3 rings (SSSR count). The van der Waals surface area contributed by atoms with Crippen LogP contribution in [-0.4, -0.2) is 21.7 Å². The van der Waals surface area contributed by atoms with E-state index in [9.17, 15) is 9.90 Å². The highest BCUT2D eigenvalue weighted by atomic mass is 35.5. The van der Waals surface area contributed by atoms with Crippen LogP contribution in [0.5, 0.6) is 5.75 Å². The summed E-state index contributed by atoms with van der Waals surface area (Å²) in [6.07, 6.45) is 0.138. The van der Waals surface area contributed by atoms with Gasteiger partial charge in [0, 0.05) is 41.6 Å². The number of ether oxygens (including phenoxy) is 1. The Morgan fingerprint density at radius 3 is 2.35 bits per heavy atom. The lowest BCUT2D eigenvalue weighted by molar-refractivity contribution is 0.0694. The zero-order chi connectivity index (χ0) is 22.5. The molecule has 0 saturated heterocycles. The van der Waals surface area contributed by atoms with E-state index in [2.05, 4.69) is 5.32 Å². The minimum Gasteiger partial charge on any atom is -0.491 e. The fraction of sp³-hybridized carbons (Fsp3) is 0.320. The van der Waals surface area contributed by atoms with Crippen molar-refractivity contribution < 1.29 is 14.6 Å². The quantitative estimate of drug-likeness (QED) is 0.455. The van der Waals surface area contributed by atoms with Crippen LogP contribution in [-0.2, 0) is 19.6 Å². The Bertz CT molecular complexity index is 1060. The molecule has 0 unspecified atom stereocenters. The summed E-state index contributed by atoms with van der Waals surface area (Å²) >= 11 is 6.33. The molecule has 0 fully saturated rings. The first-order chi connectivity index (χ1) is 14.8. The van der Waals surface area contributed by atoms with E-state index >= 15 is 0 Å². The highest BCUT2D eigenvalue weighted by Gasteiger charge is 2.22. The first-order valence-electron chi connectivity index (χ1n) is 10.4. The Kier molecular flexibility index (Phi) is 7.42. The molecule has 0 saturated carbocycles. The number of carboxylic acid groups (broad SMARTS) is 1. The van der Waals surface area contributed by atoms with Crippen LogP contribution in [0.4, 0.5) is 0 Å². The Morgan fingerprint density at radius 2 is 1.74 bits per heavy atom. The normalized spacial score (nSPS) is 11.2. The summed E-state index contributed by atoms with van der Waals surface area (Å²) in [7, 11) is 0. The lowest BCUT2D eigenvalue weighted by atomic mass is 10.1. The molecular weight excluding hydrogens is 412 g/mol. The van der Waals surface area contributed by atoms with Gasteiger partial charge in [-0.15, -0.1) is 0 Å². The number of halogens is 1. The molecule has 0 bridgehead atoms. The van der Waals surface area contributed by atoms with Gasteiger partial charge in [-0.2, -0.15) is 0 Å². The van der Waals surface area contributed by atoms with Gasteiger partial charge < -0.3 is 19.7 Å². The van der Waals surface area contributed by atoms with Gasteiger partial charge >= 0.3 is 5.97 Å². The molecule has 2 N–H and O–H groups in total. The molecule has 6 heteroatoms. The Balaban J connectivity index is 1.76. The fourth-order valence-corrected chi connectivity index (χ4v) is 3.97. The maximum absolute atomic E-state index is 12.0. The van der Waals surface area contributed by atoms with Crippen molar-refractivity contribution in [2.45, 2.75) is 53.4 Å². The Morgan fingerprint density at radius 1 is 1.06 bits per heavy atom. The van der Waals surface area contributed by atoms with Gasteiger partial charge in [-0.05, 0) is 57.0 Å². The highest BCUT2D eigenvalue weighted by molar-refractivity contribution is 6.31. The molecular formula is C25H29ClN2O3. The number of aromatic carboxylic acids is 1. The smallest absolute Gasteiger partial charge is 0.337 e. The van der Waals surface area contributed by atoms with Crippen LogP contribution in [0.2, 0.25) is 5.02 Å². The lowest BCUT2D eigenvalue weighted by Crippen LogP contribution is -2.15. The Hall–Kier alpha value is -2.76. The first kappa shape index (κ1) is 22.9. The predicted octanol–water partition coefficient (Wildman–Crippen LogP) is 5.58. The van der Waals surface area contributed by atoms with E-state index in [1.165, 1.54) is 0 Å². The number of nitrogens with one attached hydrogen (secondary N) is 1. The van der Waals surface area contributed by atoms with Crippen LogP contribution in [0.25, 0.3) is 0 Å². The number of hydrogen-bond acceptors (Lipinski definition) is 3. The van der Waals surface area contributed by atoms with Crippen LogP contribution in [0.15, 0.2) is 48.5 Å². The van der Waals surface area contributed by atoms with Crippen LogP contribution >= 0.6 is 11.6 Å². The van der Waals surface area contributed by atoms with Crippen LogP contribution < -0.4 is 10.1 Å². The van der Waals surface area contributed by atoms with Gasteiger partial charge in [-0.25, -0.2) is 4.79 Å². The van der Waals surface area contributed by atoms with Gasteiger partial charge in [0.25, 0.3) is 0 Å². The van der Waals surface area contributed by atoms with E-state index in [-0.39, 0.29) is 6.10 Å². The van der Waals surface area contributed by atoms with Gasteiger partial charge in [0.15, 0.2) is 0 Å². The summed E-state index contributed by atoms with van der Waals surface area (Å²) in [5, 5.41) is 13.9. The summed E-state index contributed by atoms with van der Waals surface area (Å²) in [5.41, 5.74) is 4.90. The number of carbonyl (C=O) groups is 1. The molecule has 164 valence electrons. The maximum Gasteiger partial charge on any atom is 0.337 e. The van der Waals surface area contributed by atoms with Gasteiger partial charge in [-0.3, -0.25) is 0 Å². The molecule has 2 aromatic carbocycles. The van der Waals surface area contributed by atoms with Crippen molar-refractivity contribution in [3.05, 3.63) is 87.2 Å². The summed E-state index contributed by atoms with van der Waals surface area (Å²) in [4.78, 5) is 12.0. The number of rotatable bonds is 9. The van der Waals surface area contributed by atoms with Gasteiger partial charge in [0.1, 0.15) is 5.75 Å². The highest BCUT2D eigenvalue weighted by Crippen LogP contribution is 2.26. The Labute approximate surface area is 188 Å². The number of benzene rings is 2. The van der Waals surface area contributed by atoms with Gasteiger partial charge in [-0.1, -0.05) is 41.9 Å². The summed E-state index contributed by atoms with van der Waals surface area (Å²) in [5.74, 6) is -0.0690. The topological polar surface area (TPSA) is 63.5 Å². The average molecular weight is 441 g/mol. The zero-order valence-electron chi connectivity index (χ0n) is 18.4. The number of nitrogens with zero attached hydrogens (tertiary/aromatic N) is 1. The third kappa shape index (κ3) is 5.49. The van der Waals surface area contributed by atoms with Crippen LogP contribution in [0, 0.1) is 13.8 Å². The molecule has 0 aliphatic heterocycles. The number of hydrogen-bond donors (Lipinski definition) is 2. The van der Waals surface area contributed by atoms with Gasteiger partial charge in [0.2, 0.25) is 0 Å². The van der Waals surface area contributed by atoms with Crippen molar-refractivity contribution in [1.82, 2.24) is 9.88 Å². The molecule has 0 spiro atoms. The summed E-state index contributed by atoms with van der Waals surface area (Å²) in [6.45, 7) is 9.45. The third-order valence-corrected chi connectivity index (χ3v) is 5.70. The second kappa shape index (κ2) is 10.0. The van der Waals surface area contributed by atoms with E-state index in [1.807, 2.05) is 80.8 Å². The van der Waals surface area contributed by atoms with E-state index < -0.39 is 5.97 Å². The van der Waals surface area contributed by atoms with Crippen molar-refractivity contribution in [1.29, 1.82) is 0 Å². The minimum absolute atomic E-state index is 0.138. The molecule has 3 aromatic rings. The zero-order valence-corrected chi connectivity index (χ0v) is 19.2. The molecule has 0 atom stereocenters. The number of carboxylic acids is 1. The third-order valence-electron chi connectivity index (χ3n) is 5.34. The summed E-state index contributed by atoms with van der Waals surface area (Å²) < 4.78 is 7.70. The number of aromatic nitrogens is 1. The van der Waals surface area contributed by atoms with E-state index in [0.717, 1.165) is 33.8 Å². The maximum atomic E-state index is 12.0. The molecule has 31 heavy (non-hydrogen) atoms. The molecule has 0 amide bonds. The van der Waals surface area contributed by atoms with E-state index in [0.29, 0.717) is 30.2 Å². The standard InChI is InChI=1S/C25H29ClN2O3/c1-16(2)31-21-11-9-19(10-12-21)13-27-14-22-17(3)28(18(4)24(22)25(29)30)15-20-7-5-6-8-23(20)26/h5-12,16,27H,13-15H2,1-4H3,(H,29,30). The molecule has 5 nitrogen and oxygen atoms in total. The fourth-order valence-electron chi connectivity index (χ4n) is 3.77. The molecule has 0 aliphatic rings. The predicted molar refractivity (Wildman–Crippen MR) is 124 cm³/mol. The van der Waals surface area contributed by atoms with E-state index in [4.69, 9.17) is 16.3 Å². The largest absolute Gasteiger partial charge is 0.491 e. The second-order valence-corrected chi connectivity index (χ2v) is 8.33. The summed E-state index contributed by atoms with van der Waals surface area (Å²) in [6, 6.07) is 15.6. The molecule has 1 heterocycles. The van der Waals surface area contributed by atoms with Crippen molar-refractivity contribution in [2.24, 2.45) is 0 Å².